The average molecular weight is 379 g/mol. The van der Waals surface area contributed by atoms with Crippen LogP contribution in [0.25, 0.3) is 0 Å². The number of nitro groups is 1. The Labute approximate surface area is 158 Å². The number of rotatable bonds is 4. The molecule has 2 rings (SSSR count). The average Bonchev–Trinajstić information content (AvgIpc) is 2.62. The smallest absolute Gasteiger partial charge is 0.293 e. The van der Waals surface area contributed by atoms with Gasteiger partial charge in [0, 0.05) is 24.7 Å². The molecule has 1 aromatic rings. The highest BCUT2D eigenvalue weighted by Gasteiger charge is 2.27. The Kier molecular flexibility index (Phi) is 6.73. The second-order valence-corrected chi connectivity index (χ2v) is 7.07. The summed E-state index contributed by atoms with van der Waals surface area (Å²) in [5.74, 6) is 0.630. The first-order valence-corrected chi connectivity index (χ1v) is 9.07. The van der Waals surface area contributed by atoms with Crippen LogP contribution < -0.4 is 21.5 Å². The quantitative estimate of drug-likeness (QED) is 0.362. The number of anilines is 1. The van der Waals surface area contributed by atoms with E-state index in [1.807, 2.05) is 0 Å². The molecular weight excluding hydrogens is 354 g/mol. The molecule has 0 aromatic heterocycles. The van der Waals surface area contributed by atoms with Crippen LogP contribution in [0.3, 0.4) is 0 Å². The first-order chi connectivity index (χ1) is 12.3. The van der Waals surface area contributed by atoms with E-state index in [1.54, 1.807) is 7.05 Å². The van der Waals surface area contributed by atoms with Gasteiger partial charge in [0.2, 0.25) is 0 Å². The Hall–Kier alpha value is -2.42. The maximum absolute atomic E-state index is 12.2. The van der Waals surface area contributed by atoms with Crippen molar-refractivity contribution in [3.05, 3.63) is 33.9 Å². The van der Waals surface area contributed by atoms with Crippen molar-refractivity contribution < 1.29 is 9.72 Å². The summed E-state index contributed by atoms with van der Waals surface area (Å²) < 4.78 is 0. The van der Waals surface area contributed by atoms with Crippen molar-refractivity contribution in [3.63, 3.8) is 0 Å². The van der Waals surface area contributed by atoms with Crippen LogP contribution in [0.4, 0.5) is 11.4 Å². The Bertz CT molecular complexity index is 697. The van der Waals surface area contributed by atoms with Crippen LogP contribution in [0.15, 0.2) is 18.2 Å². The van der Waals surface area contributed by atoms with Gasteiger partial charge in [-0.2, -0.15) is 0 Å². The lowest BCUT2D eigenvalue weighted by Gasteiger charge is -2.35. The highest BCUT2D eigenvalue weighted by Crippen LogP contribution is 2.29. The molecule has 3 atom stereocenters. The molecule has 1 aliphatic carbocycles. The lowest BCUT2D eigenvalue weighted by Crippen LogP contribution is -2.52. The summed E-state index contributed by atoms with van der Waals surface area (Å²) in [4.78, 5) is 22.8. The third-order valence-electron chi connectivity index (χ3n) is 5.04. The SMILES string of the molecule is CNc1ccc(C(=O)NNC(=S)N[C@@H]2CCC[C@H](C)[C@H]2C)cc1[N+](=O)[O-]. The summed E-state index contributed by atoms with van der Waals surface area (Å²) in [5, 5.41) is 17.4. The summed E-state index contributed by atoms with van der Waals surface area (Å²) >= 11 is 5.25. The van der Waals surface area contributed by atoms with E-state index in [4.69, 9.17) is 12.2 Å². The van der Waals surface area contributed by atoms with Gasteiger partial charge in [-0.1, -0.05) is 26.7 Å². The molecule has 4 N–H and O–H groups in total. The first kappa shape index (κ1) is 19.9. The lowest BCUT2D eigenvalue weighted by atomic mass is 9.78. The number of hydrogen-bond acceptors (Lipinski definition) is 5. The third-order valence-corrected chi connectivity index (χ3v) is 5.26. The van der Waals surface area contributed by atoms with Crippen LogP contribution in [-0.4, -0.2) is 29.0 Å². The van der Waals surface area contributed by atoms with Crippen molar-refractivity contribution in [1.29, 1.82) is 0 Å². The van der Waals surface area contributed by atoms with Crippen molar-refractivity contribution >= 4 is 34.6 Å². The molecule has 0 saturated heterocycles. The Morgan fingerprint density at radius 2 is 2.00 bits per heavy atom. The van der Waals surface area contributed by atoms with Crippen LogP contribution in [0.2, 0.25) is 0 Å². The minimum Gasteiger partial charge on any atom is -0.383 e. The van der Waals surface area contributed by atoms with E-state index in [-0.39, 0.29) is 17.3 Å². The van der Waals surface area contributed by atoms with Crippen LogP contribution in [0.1, 0.15) is 43.5 Å². The van der Waals surface area contributed by atoms with Gasteiger partial charge < -0.3 is 10.6 Å². The van der Waals surface area contributed by atoms with Gasteiger partial charge in [0.1, 0.15) is 5.69 Å². The number of thiocarbonyl (C=S) groups is 1. The van der Waals surface area contributed by atoms with Crippen molar-refractivity contribution in [2.45, 2.75) is 39.2 Å². The minimum absolute atomic E-state index is 0.161. The predicted molar refractivity (Wildman–Crippen MR) is 105 cm³/mol. The Morgan fingerprint density at radius 1 is 1.27 bits per heavy atom. The molecule has 142 valence electrons. The molecule has 0 heterocycles. The van der Waals surface area contributed by atoms with Crippen LogP contribution in [-0.2, 0) is 0 Å². The van der Waals surface area contributed by atoms with Crippen molar-refractivity contribution in [2.75, 3.05) is 12.4 Å². The number of nitro benzene ring substituents is 1. The number of hydrogen-bond donors (Lipinski definition) is 4. The fraction of sp³-hybridized carbons (Fsp3) is 0.529. The highest BCUT2D eigenvalue weighted by molar-refractivity contribution is 7.80. The van der Waals surface area contributed by atoms with Crippen molar-refractivity contribution in [3.8, 4) is 0 Å². The van der Waals surface area contributed by atoms with E-state index in [1.165, 1.54) is 24.6 Å². The summed E-state index contributed by atoms with van der Waals surface area (Å²) in [6.45, 7) is 4.43. The number of amides is 1. The molecule has 1 aliphatic rings. The normalized spacial score (nSPS) is 22.2. The molecule has 1 fully saturated rings. The monoisotopic (exact) mass is 379 g/mol. The molecule has 0 aliphatic heterocycles. The maximum Gasteiger partial charge on any atom is 0.293 e. The van der Waals surface area contributed by atoms with Crippen LogP contribution in [0, 0.1) is 22.0 Å². The molecule has 8 nitrogen and oxygen atoms in total. The first-order valence-electron chi connectivity index (χ1n) is 8.66. The molecule has 0 radical (unpaired) electrons. The largest absolute Gasteiger partial charge is 0.383 e. The highest BCUT2D eigenvalue weighted by atomic mass is 32.1. The predicted octanol–water partition coefficient (Wildman–Crippen LogP) is 2.57. The second-order valence-electron chi connectivity index (χ2n) is 6.67. The number of nitrogens with one attached hydrogen (secondary N) is 4. The number of nitrogens with zero attached hydrogens (tertiary/aromatic N) is 1. The Morgan fingerprint density at radius 3 is 2.65 bits per heavy atom. The molecule has 1 saturated carbocycles. The third kappa shape index (κ3) is 4.81. The molecule has 1 amide bonds. The molecule has 0 bridgehead atoms. The van der Waals surface area contributed by atoms with E-state index in [9.17, 15) is 14.9 Å². The van der Waals surface area contributed by atoms with E-state index >= 15 is 0 Å². The van der Waals surface area contributed by atoms with Gasteiger partial charge >= 0.3 is 0 Å². The molecule has 9 heteroatoms. The van der Waals surface area contributed by atoms with Crippen molar-refractivity contribution in [2.24, 2.45) is 11.8 Å². The van der Waals surface area contributed by atoms with Gasteiger partial charge in [-0.25, -0.2) is 0 Å². The summed E-state index contributed by atoms with van der Waals surface area (Å²) in [6.07, 6.45) is 3.41. The van der Waals surface area contributed by atoms with Crippen LogP contribution in [0.5, 0.6) is 0 Å². The topological polar surface area (TPSA) is 108 Å². The molecule has 26 heavy (non-hydrogen) atoms. The minimum atomic E-state index is -0.534. The summed E-state index contributed by atoms with van der Waals surface area (Å²) in [7, 11) is 1.58. The molecule has 0 spiro atoms. The molecular formula is C17H25N5O3S. The summed E-state index contributed by atoms with van der Waals surface area (Å²) in [6, 6.07) is 4.50. The van der Waals surface area contributed by atoms with E-state index in [2.05, 4.69) is 35.3 Å². The van der Waals surface area contributed by atoms with Gasteiger partial charge in [0.05, 0.1) is 4.92 Å². The van der Waals surface area contributed by atoms with E-state index < -0.39 is 10.8 Å². The standard InChI is InChI=1S/C17H25N5O3S/c1-10-5-4-6-13(11(10)2)19-17(26)21-20-16(23)12-7-8-14(18-3)15(9-12)22(24)25/h7-11,13,18H,4-6H2,1-3H3,(H,20,23)(H2,19,21,26)/t10-,11+,13+/m0/s1. The fourth-order valence-corrected chi connectivity index (χ4v) is 3.41. The molecule has 1 aromatic carbocycles. The van der Waals surface area contributed by atoms with E-state index in [0.717, 1.165) is 12.8 Å². The van der Waals surface area contributed by atoms with Gasteiger partial charge in [-0.05, 0) is 42.6 Å². The van der Waals surface area contributed by atoms with Gasteiger partial charge in [-0.15, -0.1) is 0 Å². The maximum atomic E-state index is 12.2. The molecule has 0 unspecified atom stereocenters. The van der Waals surface area contributed by atoms with E-state index in [0.29, 0.717) is 22.6 Å². The zero-order valence-corrected chi connectivity index (χ0v) is 16.0. The van der Waals surface area contributed by atoms with Crippen LogP contribution >= 0.6 is 12.2 Å². The number of hydrazine groups is 1. The van der Waals surface area contributed by atoms with Gasteiger partial charge in [0.15, 0.2) is 5.11 Å². The Balaban J connectivity index is 1.93. The number of carbonyl (C=O) groups excluding carboxylic acids is 1. The lowest BCUT2D eigenvalue weighted by molar-refractivity contribution is -0.384. The zero-order chi connectivity index (χ0) is 19.3. The number of carbonyl (C=O) groups is 1. The summed E-state index contributed by atoms with van der Waals surface area (Å²) in [5.41, 5.74) is 5.51. The van der Waals surface area contributed by atoms with Gasteiger partial charge in [-0.3, -0.25) is 25.8 Å². The fourth-order valence-electron chi connectivity index (χ4n) is 3.21. The van der Waals surface area contributed by atoms with Gasteiger partial charge in [0.25, 0.3) is 11.6 Å². The van der Waals surface area contributed by atoms with Crippen molar-refractivity contribution in [1.82, 2.24) is 16.2 Å². The zero-order valence-electron chi connectivity index (χ0n) is 15.2. The second kappa shape index (κ2) is 8.79. The number of benzene rings is 1.